The molecule has 0 radical (unpaired) electrons. The molecule has 0 amide bonds. The van der Waals surface area contributed by atoms with Crippen molar-refractivity contribution in [3.8, 4) is 0 Å². The van der Waals surface area contributed by atoms with Crippen molar-refractivity contribution in [3.05, 3.63) is 34.6 Å². The summed E-state index contributed by atoms with van der Waals surface area (Å²) in [6, 6.07) is -0.157. The third-order valence-electron chi connectivity index (χ3n) is 3.05. The quantitative estimate of drug-likeness (QED) is 0.493. The fourth-order valence-corrected chi connectivity index (χ4v) is 1.74. The number of hydrogen-bond acceptors (Lipinski definition) is 2. The van der Waals surface area contributed by atoms with Crippen molar-refractivity contribution in [3.63, 3.8) is 0 Å². The van der Waals surface area contributed by atoms with Crippen LogP contribution in [0.5, 0.6) is 0 Å². The second-order valence-corrected chi connectivity index (χ2v) is 4.69. The highest BCUT2D eigenvalue weighted by atomic mass is 19.2. The molecule has 7 heteroatoms. The van der Waals surface area contributed by atoms with Crippen LogP contribution in [0.1, 0.15) is 19.4 Å². The molecule has 0 aliphatic heterocycles. The maximum Gasteiger partial charge on any atom is 0.200 e. The van der Waals surface area contributed by atoms with Gasteiger partial charge >= 0.3 is 0 Å². The number of benzene rings is 1. The molecule has 0 heterocycles. The molecule has 0 bridgehead atoms. The Morgan fingerprint density at radius 3 is 1.85 bits per heavy atom. The molecule has 1 rings (SSSR count). The van der Waals surface area contributed by atoms with Crippen molar-refractivity contribution in [1.82, 2.24) is 10.2 Å². The van der Waals surface area contributed by atoms with E-state index in [9.17, 15) is 22.0 Å². The minimum Gasteiger partial charge on any atom is -0.309 e. The normalized spacial score (nSPS) is 13.1. The molecule has 0 aliphatic rings. The standard InChI is InChI=1S/C13H17F5N2/c1-4-20(3)6-7(2)19-5-8-9(14)11(16)13(18)12(17)10(8)15/h7,19H,4-6H2,1-3H3. The van der Waals surface area contributed by atoms with Crippen molar-refractivity contribution in [1.29, 1.82) is 0 Å². The smallest absolute Gasteiger partial charge is 0.200 e. The van der Waals surface area contributed by atoms with E-state index in [2.05, 4.69) is 5.32 Å². The Hall–Kier alpha value is -1.21. The van der Waals surface area contributed by atoms with Crippen molar-refractivity contribution < 1.29 is 22.0 Å². The lowest BCUT2D eigenvalue weighted by Crippen LogP contribution is -2.37. The molecule has 1 aromatic rings. The Bertz CT molecular complexity index is 449. The van der Waals surface area contributed by atoms with Gasteiger partial charge in [0.25, 0.3) is 0 Å². The Morgan fingerprint density at radius 1 is 0.950 bits per heavy atom. The van der Waals surface area contributed by atoms with Crippen molar-refractivity contribution >= 4 is 0 Å². The first-order valence-electron chi connectivity index (χ1n) is 6.21. The first-order valence-corrected chi connectivity index (χ1v) is 6.21. The predicted molar refractivity (Wildman–Crippen MR) is 65.7 cm³/mol. The average Bonchev–Trinajstić information content (AvgIpc) is 2.42. The molecule has 0 saturated carbocycles. The Kier molecular flexibility index (Phi) is 5.88. The molecule has 0 aliphatic carbocycles. The number of likely N-dealkylation sites (N-methyl/N-ethyl adjacent to an activating group) is 1. The van der Waals surface area contributed by atoms with Gasteiger partial charge in [0.1, 0.15) is 0 Å². The van der Waals surface area contributed by atoms with Gasteiger partial charge in [-0.1, -0.05) is 6.92 Å². The molecule has 1 N–H and O–H groups in total. The Morgan fingerprint density at radius 2 is 1.40 bits per heavy atom. The number of nitrogens with zero attached hydrogens (tertiary/aromatic N) is 1. The van der Waals surface area contributed by atoms with Crippen LogP contribution in [0.2, 0.25) is 0 Å². The molecule has 0 fully saturated rings. The third kappa shape index (κ3) is 3.67. The third-order valence-corrected chi connectivity index (χ3v) is 3.05. The summed E-state index contributed by atoms with van der Waals surface area (Å²) in [5.74, 6) is -9.55. The molecule has 1 aromatic carbocycles. The highest BCUT2D eigenvalue weighted by Crippen LogP contribution is 2.22. The van der Waals surface area contributed by atoms with E-state index in [0.717, 1.165) is 6.54 Å². The zero-order valence-electron chi connectivity index (χ0n) is 11.5. The Balaban J connectivity index is 2.84. The maximum atomic E-state index is 13.4. The maximum absolute atomic E-state index is 13.4. The summed E-state index contributed by atoms with van der Waals surface area (Å²) in [6.45, 7) is 4.65. The summed E-state index contributed by atoms with van der Waals surface area (Å²) in [5, 5.41) is 2.74. The molecule has 1 unspecified atom stereocenters. The molecule has 114 valence electrons. The van der Waals surface area contributed by atoms with E-state index in [1.807, 2.05) is 18.9 Å². The highest BCUT2D eigenvalue weighted by molar-refractivity contribution is 5.24. The fraction of sp³-hybridized carbons (Fsp3) is 0.538. The van der Waals surface area contributed by atoms with E-state index >= 15 is 0 Å². The number of hydrogen-bond donors (Lipinski definition) is 1. The summed E-state index contributed by atoms with van der Waals surface area (Å²) in [4.78, 5) is 1.95. The van der Waals surface area contributed by atoms with E-state index < -0.39 is 41.2 Å². The fourth-order valence-electron chi connectivity index (χ4n) is 1.74. The van der Waals surface area contributed by atoms with Crippen LogP contribution in [0, 0.1) is 29.1 Å². The first-order chi connectivity index (χ1) is 9.29. The van der Waals surface area contributed by atoms with Gasteiger partial charge in [-0.15, -0.1) is 0 Å². The molecule has 1 atom stereocenters. The van der Waals surface area contributed by atoms with Crippen molar-refractivity contribution in [2.75, 3.05) is 20.1 Å². The second-order valence-electron chi connectivity index (χ2n) is 4.69. The zero-order chi connectivity index (χ0) is 15.4. The van der Waals surface area contributed by atoms with Gasteiger partial charge in [-0.25, -0.2) is 22.0 Å². The van der Waals surface area contributed by atoms with E-state index in [0.29, 0.717) is 6.54 Å². The van der Waals surface area contributed by atoms with E-state index in [1.54, 1.807) is 6.92 Å². The van der Waals surface area contributed by atoms with Gasteiger partial charge in [0.15, 0.2) is 23.3 Å². The van der Waals surface area contributed by atoms with Gasteiger partial charge in [-0.05, 0) is 20.5 Å². The first kappa shape index (κ1) is 16.8. The topological polar surface area (TPSA) is 15.3 Å². The van der Waals surface area contributed by atoms with Gasteiger partial charge in [0, 0.05) is 24.7 Å². The van der Waals surface area contributed by atoms with Crippen LogP contribution < -0.4 is 5.32 Å². The second kappa shape index (κ2) is 6.99. The zero-order valence-corrected chi connectivity index (χ0v) is 11.5. The lowest BCUT2D eigenvalue weighted by molar-refractivity contribution is 0.305. The van der Waals surface area contributed by atoms with Crippen molar-refractivity contribution in [2.45, 2.75) is 26.4 Å². The molecule has 2 nitrogen and oxygen atoms in total. The molecular weight excluding hydrogens is 279 g/mol. The number of nitrogens with one attached hydrogen (secondary N) is 1. The van der Waals surface area contributed by atoms with Crippen molar-refractivity contribution in [2.24, 2.45) is 0 Å². The van der Waals surface area contributed by atoms with Crippen LogP contribution in [0.3, 0.4) is 0 Å². The summed E-state index contributed by atoms with van der Waals surface area (Å²) in [6.07, 6.45) is 0. The van der Waals surface area contributed by atoms with E-state index in [-0.39, 0.29) is 6.04 Å². The van der Waals surface area contributed by atoms with Crippen LogP contribution in [-0.2, 0) is 6.54 Å². The summed E-state index contributed by atoms with van der Waals surface area (Å²) < 4.78 is 65.7. The number of halogens is 5. The molecule has 0 spiro atoms. The van der Waals surface area contributed by atoms with Crippen LogP contribution in [0.4, 0.5) is 22.0 Å². The minimum atomic E-state index is -2.14. The van der Waals surface area contributed by atoms with Gasteiger partial charge in [-0.3, -0.25) is 0 Å². The number of rotatable bonds is 6. The van der Waals surface area contributed by atoms with Crippen LogP contribution in [0.25, 0.3) is 0 Å². The SMILES string of the molecule is CCN(C)CC(C)NCc1c(F)c(F)c(F)c(F)c1F. The molecular formula is C13H17F5N2. The summed E-state index contributed by atoms with van der Waals surface area (Å²) >= 11 is 0. The summed E-state index contributed by atoms with van der Waals surface area (Å²) in [5.41, 5.74) is -0.840. The molecule has 0 saturated heterocycles. The van der Waals surface area contributed by atoms with Crippen LogP contribution >= 0.6 is 0 Å². The van der Waals surface area contributed by atoms with Gasteiger partial charge in [-0.2, -0.15) is 0 Å². The average molecular weight is 296 g/mol. The largest absolute Gasteiger partial charge is 0.309 e. The lowest BCUT2D eigenvalue weighted by atomic mass is 10.1. The lowest BCUT2D eigenvalue weighted by Gasteiger charge is -2.21. The highest BCUT2D eigenvalue weighted by Gasteiger charge is 2.25. The summed E-state index contributed by atoms with van der Waals surface area (Å²) in [7, 11) is 1.86. The van der Waals surface area contributed by atoms with Gasteiger partial charge < -0.3 is 10.2 Å². The van der Waals surface area contributed by atoms with Crippen LogP contribution in [-0.4, -0.2) is 31.1 Å². The molecule has 0 aromatic heterocycles. The molecule has 20 heavy (non-hydrogen) atoms. The monoisotopic (exact) mass is 296 g/mol. The van der Waals surface area contributed by atoms with E-state index in [4.69, 9.17) is 0 Å². The Labute approximate surface area is 114 Å². The van der Waals surface area contributed by atoms with Crippen LogP contribution in [0.15, 0.2) is 0 Å². The van der Waals surface area contributed by atoms with Gasteiger partial charge in [0.2, 0.25) is 5.82 Å². The predicted octanol–water partition coefficient (Wildman–Crippen LogP) is 2.81. The van der Waals surface area contributed by atoms with E-state index in [1.165, 1.54) is 0 Å². The minimum absolute atomic E-state index is 0.157. The van der Waals surface area contributed by atoms with Gasteiger partial charge in [0.05, 0.1) is 0 Å².